The second-order valence-corrected chi connectivity index (χ2v) is 6.66. The molecule has 2 aliphatic rings. The molecule has 1 amide bonds. The molecule has 2 saturated heterocycles. The summed E-state index contributed by atoms with van der Waals surface area (Å²) in [4.78, 5) is 15.0. The number of benzene rings is 1. The summed E-state index contributed by atoms with van der Waals surface area (Å²) < 4.78 is 5.96. The maximum atomic E-state index is 13.0. The molecular weight excluding hydrogens is 312 g/mol. The van der Waals surface area contributed by atoms with Crippen molar-refractivity contribution < 1.29 is 9.53 Å². The minimum Gasteiger partial charge on any atom is -0.373 e. The number of hydrogen-bond donors (Lipinski definition) is 1. The summed E-state index contributed by atoms with van der Waals surface area (Å²) in [6.45, 7) is 4.43. The van der Waals surface area contributed by atoms with E-state index in [9.17, 15) is 4.79 Å². The molecule has 0 saturated carbocycles. The standard InChI is InChI=1S/C18H26N2O2.ClH/c1-13-12-20(10-9-16(13)19)18(21)15-8-5-11-22-17(15)14-6-3-2-4-7-14;/h2-4,6-7,13,15-17H,5,8-12,19H2,1H3;1H. The third-order valence-electron chi connectivity index (χ3n) is 5.05. The molecule has 0 aliphatic carbocycles. The molecule has 3 rings (SSSR count). The Morgan fingerprint density at radius 2 is 2.00 bits per heavy atom. The average molecular weight is 339 g/mol. The van der Waals surface area contributed by atoms with Gasteiger partial charge in [-0.05, 0) is 30.7 Å². The van der Waals surface area contributed by atoms with E-state index in [4.69, 9.17) is 10.5 Å². The van der Waals surface area contributed by atoms with Crippen molar-refractivity contribution >= 4 is 18.3 Å². The molecule has 0 spiro atoms. The molecule has 2 aliphatic heterocycles. The molecule has 4 nitrogen and oxygen atoms in total. The lowest BCUT2D eigenvalue weighted by atomic mass is 9.86. The van der Waals surface area contributed by atoms with Crippen LogP contribution in [0.3, 0.4) is 0 Å². The van der Waals surface area contributed by atoms with Gasteiger partial charge in [-0.15, -0.1) is 12.4 Å². The number of halogens is 1. The summed E-state index contributed by atoms with van der Waals surface area (Å²) in [5.41, 5.74) is 7.19. The van der Waals surface area contributed by atoms with Crippen molar-refractivity contribution in [2.45, 2.75) is 38.3 Å². The molecule has 2 N–H and O–H groups in total. The van der Waals surface area contributed by atoms with Crippen LogP contribution in [0.1, 0.15) is 37.9 Å². The molecule has 0 radical (unpaired) electrons. The van der Waals surface area contributed by atoms with Gasteiger partial charge in [-0.25, -0.2) is 0 Å². The predicted molar refractivity (Wildman–Crippen MR) is 93.4 cm³/mol. The van der Waals surface area contributed by atoms with Crippen molar-refractivity contribution in [1.29, 1.82) is 0 Å². The van der Waals surface area contributed by atoms with Crippen LogP contribution in [0.25, 0.3) is 0 Å². The SMILES string of the molecule is CC1CN(C(=O)C2CCCOC2c2ccccc2)CCC1N.Cl. The van der Waals surface area contributed by atoms with Crippen LogP contribution >= 0.6 is 12.4 Å². The van der Waals surface area contributed by atoms with Crippen molar-refractivity contribution in [2.75, 3.05) is 19.7 Å². The van der Waals surface area contributed by atoms with Gasteiger partial charge in [-0.3, -0.25) is 4.79 Å². The number of likely N-dealkylation sites (tertiary alicyclic amines) is 1. The quantitative estimate of drug-likeness (QED) is 0.902. The first-order valence-corrected chi connectivity index (χ1v) is 8.37. The van der Waals surface area contributed by atoms with Gasteiger partial charge in [0, 0.05) is 25.7 Å². The van der Waals surface area contributed by atoms with E-state index >= 15 is 0 Å². The summed E-state index contributed by atoms with van der Waals surface area (Å²) in [5.74, 6) is 0.558. The van der Waals surface area contributed by atoms with Crippen LogP contribution in [-0.4, -0.2) is 36.5 Å². The minimum atomic E-state index is -0.103. The monoisotopic (exact) mass is 338 g/mol. The molecule has 0 aromatic heterocycles. The molecule has 0 bridgehead atoms. The third-order valence-corrected chi connectivity index (χ3v) is 5.05. The van der Waals surface area contributed by atoms with Gasteiger partial charge < -0.3 is 15.4 Å². The van der Waals surface area contributed by atoms with Crippen molar-refractivity contribution in [2.24, 2.45) is 17.6 Å². The number of carbonyl (C=O) groups excluding carboxylic acids is 1. The zero-order valence-electron chi connectivity index (χ0n) is 13.7. The molecule has 23 heavy (non-hydrogen) atoms. The minimum absolute atomic E-state index is 0. The number of carbonyl (C=O) groups is 1. The smallest absolute Gasteiger partial charge is 0.228 e. The highest BCUT2D eigenvalue weighted by atomic mass is 35.5. The Hall–Kier alpha value is -1.10. The molecule has 5 heteroatoms. The van der Waals surface area contributed by atoms with Crippen molar-refractivity contribution in [3.05, 3.63) is 35.9 Å². The Morgan fingerprint density at radius 3 is 2.70 bits per heavy atom. The van der Waals surface area contributed by atoms with E-state index in [-0.39, 0.29) is 36.4 Å². The van der Waals surface area contributed by atoms with Gasteiger partial charge in [0.25, 0.3) is 0 Å². The highest BCUT2D eigenvalue weighted by Gasteiger charge is 2.37. The predicted octanol–water partition coefficient (Wildman–Crippen LogP) is 2.77. The molecule has 2 heterocycles. The molecular formula is C18H27ClN2O2. The largest absolute Gasteiger partial charge is 0.373 e. The van der Waals surface area contributed by atoms with Gasteiger partial charge in [0.1, 0.15) is 0 Å². The molecule has 4 unspecified atom stereocenters. The fraction of sp³-hybridized carbons (Fsp3) is 0.611. The molecule has 1 aromatic rings. The van der Waals surface area contributed by atoms with Gasteiger partial charge in [0.15, 0.2) is 0 Å². The van der Waals surface area contributed by atoms with Gasteiger partial charge in [-0.2, -0.15) is 0 Å². The number of amides is 1. The van der Waals surface area contributed by atoms with Crippen molar-refractivity contribution in [3.63, 3.8) is 0 Å². The summed E-state index contributed by atoms with van der Waals surface area (Å²) in [6, 6.07) is 10.4. The Bertz CT molecular complexity index is 511. The summed E-state index contributed by atoms with van der Waals surface area (Å²) in [6.07, 6.45) is 2.67. The second-order valence-electron chi connectivity index (χ2n) is 6.66. The first kappa shape index (κ1) is 18.2. The summed E-state index contributed by atoms with van der Waals surface area (Å²) >= 11 is 0. The topological polar surface area (TPSA) is 55.6 Å². The van der Waals surface area contributed by atoms with Crippen LogP contribution < -0.4 is 5.73 Å². The van der Waals surface area contributed by atoms with E-state index in [1.54, 1.807) is 0 Å². The summed E-state index contributed by atoms with van der Waals surface area (Å²) in [5, 5.41) is 0. The van der Waals surface area contributed by atoms with Crippen LogP contribution in [0, 0.1) is 11.8 Å². The van der Waals surface area contributed by atoms with E-state index in [1.807, 2.05) is 23.1 Å². The number of rotatable bonds is 2. The summed E-state index contributed by atoms with van der Waals surface area (Å²) in [7, 11) is 0. The van der Waals surface area contributed by atoms with Crippen LogP contribution in [0.2, 0.25) is 0 Å². The molecule has 1 aromatic carbocycles. The fourth-order valence-corrected chi connectivity index (χ4v) is 3.60. The number of piperidine rings is 1. The van der Waals surface area contributed by atoms with Gasteiger partial charge in [-0.1, -0.05) is 37.3 Å². The molecule has 4 atom stereocenters. The lowest BCUT2D eigenvalue weighted by Crippen LogP contribution is -2.51. The highest BCUT2D eigenvalue weighted by Crippen LogP contribution is 2.35. The van der Waals surface area contributed by atoms with E-state index in [0.29, 0.717) is 5.92 Å². The maximum absolute atomic E-state index is 13.0. The second kappa shape index (κ2) is 8.13. The van der Waals surface area contributed by atoms with Gasteiger partial charge in [0.05, 0.1) is 12.0 Å². The first-order chi connectivity index (χ1) is 10.7. The van der Waals surface area contributed by atoms with Crippen LogP contribution in [0.5, 0.6) is 0 Å². The maximum Gasteiger partial charge on any atom is 0.228 e. The van der Waals surface area contributed by atoms with Crippen LogP contribution in [0.15, 0.2) is 30.3 Å². The normalized spacial score (nSPS) is 31.3. The van der Waals surface area contributed by atoms with Gasteiger partial charge >= 0.3 is 0 Å². The van der Waals surface area contributed by atoms with E-state index in [0.717, 1.165) is 44.5 Å². The number of hydrogen-bond acceptors (Lipinski definition) is 3. The van der Waals surface area contributed by atoms with E-state index in [1.165, 1.54) is 0 Å². The Labute approximate surface area is 144 Å². The lowest BCUT2D eigenvalue weighted by Gasteiger charge is -2.39. The number of nitrogens with two attached hydrogens (primary N) is 1. The van der Waals surface area contributed by atoms with E-state index < -0.39 is 0 Å². The third kappa shape index (κ3) is 4.06. The van der Waals surface area contributed by atoms with Crippen LogP contribution in [-0.2, 0) is 9.53 Å². The first-order valence-electron chi connectivity index (χ1n) is 8.37. The lowest BCUT2D eigenvalue weighted by molar-refractivity contribution is -0.147. The molecule has 128 valence electrons. The van der Waals surface area contributed by atoms with Gasteiger partial charge in [0.2, 0.25) is 5.91 Å². The van der Waals surface area contributed by atoms with Crippen molar-refractivity contribution in [1.82, 2.24) is 4.90 Å². The fourth-order valence-electron chi connectivity index (χ4n) is 3.60. The Balaban J connectivity index is 0.00000192. The van der Waals surface area contributed by atoms with Crippen molar-refractivity contribution in [3.8, 4) is 0 Å². The molecule has 2 fully saturated rings. The van der Waals surface area contributed by atoms with Crippen LogP contribution in [0.4, 0.5) is 0 Å². The average Bonchev–Trinajstić information content (AvgIpc) is 2.57. The Kier molecular flexibility index (Phi) is 6.45. The number of nitrogens with zero attached hydrogens (tertiary/aromatic N) is 1. The highest BCUT2D eigenvalue weighted by molar-refractivity contribution is 5.85. The zero-order chi connectivity index (χ0) is 15.5. The zero-order valence-corrected chi connectivity index (χ0v) is 14.5. The Morgan fingerprint density at radius 1 is 1.26 bits per heavy atom. The van der Waals surface area contributed by atoms with E-state index in [2.05, 4.69) is 19.1 Å². The number of ether oxygens (including phenoxy) is 1.